The van der Waals surface area contributed by atoms with Crippen LogP contribution in [0.25, 0.3) is 0 Å². The number of hydrogen-bond acceptors (Lipinski definition) is 4. The summed E-state index contributed by atoms with van der Waals surface area (Å²) in [6.07, 6.45) is -1.23. The number of aliphatic hydroxyl groups is 1. The third kappa shape index (κ3) is 2.89. The average molecular weight is 354 g/mol. The number of aliphatic hydroxyl groups excluding tert-OH is 1. The van der Waals surface area contributed by atoms with Gasteiger partial charge in [-0.3, -0.25) is 4.79 Å². The molecule has 1 aromatic carbocycles. The molecule has 0 amide bonds. The lowest BCUT2D eigenvalue weighted by Gasteiger charge is -2.29. The van der Waals surface area contributed by atoms with Gasteiger partial charge in [-0.2, -0.15) is 4.31 Å². The molecule has 0 aromatic heterocycles. The molecule has 9 heteroatoms. The fourth-order valence-electron chi connectivity index (χ4n) is 2.38. The van der Waals surface area contributed by atoms with E-state index in [1.807, 2.05) is 0 Å². The lowest BCUT2D eigenvalue weighted by molar-refractivity contribution is -0.146. The zero-order chi connectivity index (χ0) is 16.0. The minimum Gasteiger partial charge on any atom is -0.480 e. The highest BCUT2D eigenvalue weighted by molar-refractivity contribution is 7.89. The fraction of sp³-hybridized carbons (Fsp3) is 0.417. The van der Waals surface area contributed by atoms with Crippen LogP contribution in [0.2, 0.25) is 10.0 Å². The quantitative estimate of drug-likeness (QED) is 0.860. The van der Waals surface area contributed by atoms with Gasteiger partial charge in [0.15, 0.2) is 0 Å². The van der Waals surface area contributed by atoms with Crippen molar-refractivity contribution in [1.29, 1.82) is 0 Å². The standard InChI is InChI=1S/C12H13Cl2NO5S/c1-12(11(17)18)5-9(16)6-15(12)21(19,20)10-3-7(13)2-8(14)4-10/h2-4,9,16H,5-6H2,1H3,(H,17,18)/t9-,12?/m0/s1. The van der Waals surface area contributed by atoms with Crippen LogP contribution in [0.15, 0.2) is 23.1 Å². The zero-order valence-corrected chi connectivity index (χ0v) is 13.3. The number of hydrogen-bond donors (Lipinski definition) is 2. The molecule has 0 bridgehead atoms. The lowest BCUT2D eigenvalue weighted by Crippen LogP contribution is -2.50. The molecule has 1 unspecified atom stereocenters. The largest absolute Gasteiger partial charge is 0.480 e. The summed E-state index contributed by atoms with van der Waals surface area (Å²) in [5, 5.41) is 19.2. The fourth-order valence-corrected chi connectivity index (χ4v) is 4.89. The Bertz CT molecular complexity index is 673. The van der Waals surface area contributed by atoms with E-state index in [2.05, 4.69) is 0 Å². The highest BCUT2D eigenvalue weighted by Crippen LogP contribution is 2.36. The van der Waals surface area contributed by atoms with E-state index < -0.39 is 27.6 Å². The molecule has 1 aliphatic heterocycles. The first kappa shape index (κ1) is 16.5. The Morgan fingerprint density at radius 2 is 1.86 bits per heavy atom. The average Bonchev–Trinajstić information content (AvgIpc) is 2.65. The van der Waals surface area contributed by atoms with Crippen molar-refractivity contribution >= 4 is 39.2 Å². The lowest BCUT2D eigenvalue weighted by atomic mass is 10.0. The van der Waals surface area contributed by atoms with Crippen molar-refractivity contribution in [2.75, 3.05) is 6.54 Å². The Morgan fingerprint density at radius 1 is 1.33 bits per heavy atom. The number of aliphatic carboxylic acids is 1. The van der Waals surface area contributed by atoms with E-state index in [9.17, 15) is 23.4 Å². The van der Waals surface area contributed by atoms with Crippen LogP contribution < -0.4 is 0 Å². The maximum absolute atomic E-state index is 12.6. The van der Waals surface area contributed by atoms with Crippen molar-refractivity contribution < 1.29 is 23.4 Å². The van der Waals surface area contributed by atoms with Gasteiger partial charge in [0.25, 0.3) is 0 Å². The number of carboxylic acid groups (broad SMARTS) is 1. The van der Waals surface area contributed by atoms with E-state index in [4.69, 9.17) is 23.2 Å². The summed E-state index contributed by atoms with van der Waals surface area (Å²) in [6.45, 7) is 0.963. The SMILES string of the molecule is CC1(C(=O)O)C[C@H](O)CN1S(=O)(=O)c1cc(Cl)cc(Cl)c1. The maximum Gasteiger partial charge on any atom is 0.324 e. The van der Waals surface area contributed by atoms with Crippen LogP contribution in [0, 0.1) is 0 Å². The van der Waals surface area contributed by atoms with E-state index in [1.54, 1.807) is 0 Å². The number of β-amino-alcohol motifs (C(OH)–C–C–N with tert-alkyl or cyclic N) is 1. The predicted molar refractivity (Wildman–Crippen MR) is 77.0 cm³/mol. The van der Waals surface area contributed by atoms with E-state index in [-0.39, 0.29) is 27.9 Å². The summed E-state index contributed by atoms with van der Waals surface area (Å²) in [5.74, 6) is -1.32. The number of sulfonamides is 1. The van der Waals surface area contributed by atoms with Crippen LogP contribution in [0.4, 0.5) is 0 Å². The smallest absolute Gasteiger partial charge is 0.324 e. The van der Waals surface area contributed by atoms with Crippen molar-refractivity contribution in [3.63, 3.8) is 0 Å². The minimum atomic E-state index is -4.15. The molecule has 2 atom stereocenters. The van der Waals surface area contributed by atoms with Crippen molar-refractivity contribution in [1.82, 2.24) is 4.31 Å². The minimum absolute atomic E-state index is 0.123. The molecule has 2 rings (SSSR count). The molecule has 6 nitrogen and oxygen atoms in total. The second-order valence-electron chi connectivity index (χ2n) is 5.08. The summed E-state index contributed by atoms with van der Waals surface area (Å²) in [5.41, 5.74) is -1.72. The summed E-state index contributed by atoms with van der Waals surface area (Å²) >= 11 is 11.6. The van der Waals surface area contributed by atoms with Gasteiger partial charge in [0.2, 0.25) is 10.0 Å². The Labute approximate surface area is 131 Å². The van der Waals surface area contributed by atoms with Crippen molar-refractivity contribution in [3.8, 4) is 0 Å². The summed E-state index contributed by atoms with van der Waals surface area (Å²) < 4.78 is 26.1. The van der Waals surface area contributed by atoms with Gasteiger partial charge >= 0.3 is 5.97 Å². The van der Waals surface area contributed by atoms with Crippen LogP contribution in [0.3, 0.4) is 0 Å². The number of carboxylic acids is 1. The molecule has 1 heterocycles. The molecule has 0 spiro atoms. The molecule has 2 N–H and O–H groups in total. The Balaban J connectivity index is 2.55. The van der Waals surface area contributed by atoms with Crippen molar-refractivity contribution in [3.05, 3.63) is 28.2 Å². The molecule has 21 heavy (non-hydrogen) atoms. The molecule has 1 aliphatic rings. The third-order valence-electron chi connectivity index (χ3n) is 3.44. The highest BCUT2D eigenvalue weighted by atomic mass is 35.5. The monoisotopic (exact) mass is 353 g/mol. The summed E-state index contributed by atoms with van der Waals surface area (Å²) in [6, 6.07) is 3.75. The molecule has 1 saturated heterocycles. The molecule has 1 fully saturated rings. The van der Waals surface area contributed by atoms with Crippen molar-refractivity contribution in [2.45, 2.75) is 29.9 Å². The number of carbonyl (C=O) groups is 1. The van der Waals surface area contributed by atoms with Gasteiger partial charge in [-0.05, 0) is 25.1 Å². The van der Waals surface area contributed by atoms with E-state index >= 15 is 0 Å². The van der Waals surface area contributed by atoms with Crippen LogP contribution in [0.1, 0.15) is 13.3 Å². The normalized spacial score (nSPS) is 27.0. The second-order valence-corrected chi connectivity index (χ2v) is 7.81. The van der Waals surface area contributed by atoms with Gasteiger partial charge in [0, 0.05) is 23.0 Å². The van der Waals surface area contributed by atoms with Crippen LogP contribution >= 0.6 is 23.2 Å². The number of rotatable bonds is 3. The first-order valence-corrected chi connectivity index (χ1v) is 8.17. The number of nitrogens with zero attached hydrogens (tertiary/aromatic N) is 1. The molecular weight excluding hydrogens is 341 g/mol. The van der Waals surface area contributed by atoms with Crippen molar-refractivity contribution in [2.24, 2.45) is 0 Å². The third-order valence-corrected chi connectivity index (χ3v) is 5.85. The zero-order valence-electron chi connectivity index (χ0n) is 11.0. The first-order valence-electron chi connectivity index (χ1n) is 5.98. The van der Waals surface area contributed by atoms with Gasteiger partial charge in [-0.25, -0.2) is 8.42 Å². The van der Waals surface area contributed by atoms with Crippen LogP contribution in [-0.4, -0.2) is 47.1 Å². The maximum atomic E-state index is 12.6. The van der Waals surface area contributed by atoms with Crippen LogP contribution in [0.5, 0.6) is 0 Å². The summed E-state index contributed by atoms with van der Waals surface area (Å²) in [4.78, 5) is 11.2. The van der Waals surface area contributed by atoms with Gasteiger partial charge in [-0.1, -0.05) is 23.2 Å². The molecule has 0 aliphatic carbocycles. The number of benzene rings is 1. The van der Waals surface area contributed by atoms with Gasteiger partial charge in [0.05, 0.1) is 11.0 Å². The van der Waals surface area contributed by atoms with Crippen LogP contribution in [-0.2, 0) is 14.8 Å². The Hall–Kier alpha value is -0.860. The van der Waals surface area contributed by atoms with Gasteiger partial charge < -0.3 is 10.2 Å². The van der Waals surface area contributed by atoms with Gasteiger partial charge in [-0.15, -0.1) is 0 Å². The Morgan fingerprint density at radius 3 is 2.33 bits per heavy atom. The van der Waals surface area contributed by atoms with E-state index in [1.165, 1.54) is 25.1 Å². The Kier molecular flexibility index (Phi) is 4.25. The predicted octanol–water partition coefficient (Wildman–Crippen LogP) is 1.59. The molecule has 0 saturated carbocycles. The number of halogens is 2. The second kappa shape index (κ2) is 5.40. The van der Waals surface area contributed by atoms with E-state index in [0.717, 1.165) is 4.31 Å². The first-order chi connectivity index (χ1) is 9.57. The molecule has 1 aromatic rings. The molecule has 0 radical (unpaired) electrons. The molecular formula is C12H13Cl2NO5S. The summed E-state index contributed by atoms with van der Waals surface area (Å²) in [7, 11) is -4.15. The molecule has 116 valence electrons. The topological polar surface area (TPSA) is 94.9 Å². The van der Waals surface area contributed by atoms with E-state index in [0.29, 0.717) is 0 Å². The van der Waals surface area contributed by atoms with Gasteiger partial charge in [0.1, 0.15) is 5.54 Å². The highest BCUT2D eigenvalue weighted by Gasteiger charge is 2.53.